The molecule has 2 aromatic carbocycles. The molecule has 1 N–H and O–H groups in total. The van der Waals surface area contributed by atoms with Crippen molar-refractivity contribution in [3.05, 3.63) is 54.4 Å². The Morgan fingerprint density at radius 1 is 1.06 bits per heavy atom. The second kappa shape index (κ2) is 9.44. The Balaban J connectivity index is 1.49. The minimum absolute atomic E-state index is 0.00216. The van der Waals surface area contributed by atoms with Crippen molar-refractivity contribution < 1.29 is 19.0 Å². The van der Waals surface area contributed by atoms with Gasteiger partial charge in [-0.1, -0.05) is 12.1 Å². The molecule has 3 aromatic rings. The van der Waals surface area contributed by atoms with Crippen molar-refractivity contribution in [1.82, 2.24) is 14.9 Å². The molecule has 0 bridgehead atoms. The molecule has 0 spiro atoms. The van der Waals surface area contributed by atoms with E-state index in [-0.39, 0.29) is 5.91 Å². The molecule has 8 heteroatoms. The van der Waals surface area contributed by atoms with E-state index in [2.05, 4.69) is 15.3 Å². The van der Waals surface area contributed by atoms with Crippen LogP contribution >= 0.6 is 0 Å². The summed E-state index contributed by atoms with van der Waals surface area (Å²) < 4.78 is 16.0. The molecule has 0 unspecified atom stereocenters. The number of methoxy groups -OCH3 is 2. The Bertz CT molecular complexity index is 1090. The van der Waals surface area contributed by atoms with Crippen molar-refractivity contribution in [2.24, 2.45) is 0 Å². The highest BCUT2D eigenvalue weighted by atomic mass is 16.5. The third-order valence-electron chi connectivity index (χ3n) is 5.06. The maximum Gasteiger partial charge on any atom is 0.246 e. The molecule has 0 aliphatic carbocycles. The predicted molar refractivity (Wildman–Crippen MR) is 119 cm³/mol. The van der Waals surface area contributed by atoms with Crippen LogP contribution in [0.4, 0.5) is 11.5 Å². The quantitative estimate of drug-likeness (QED) is 0.613. The fraction of sp³-hybridized carbons (Fsp3) is 0.261. The predicted octanol–water partition coefficient (Wildman–Crippen LogP) is 3.26. The average Bonchev–Trinajstić information content (AvgIpc) is 2.83. The summed E-state index contributed by atoms with van der Waals surface area (Å²) in [6, 6.07) is 11.4. The van der Waals surface area contributed by atoms with Crippen molar-refractivity contribution in [3.63, 3.8) is 0 Å². The van der Waals surface area contributed by atoms with Crippen LogP contribution in [0.1, 0.15) is 5.56 Å². The van der Waals surface area contributed by atoms with Gasteiger partial charge >= 0.3 is 0 Å². The summed E-state index contributed by atoms with van der Waals surface area (Å²) in [5, 5.41) is 4.14. The molecule has 0 atom stereocenters. The number of rotatable bonds is 6. The smallest absolute Gasteiger partial charge is 0.246 e. The lowest BCUT2D eigenvalue weighted by Gasteiger charge is -2.25. The van der Waals surface area contributed by atoms with Crippen LogP contribution in [0.15, 0.2) is 48.8 Å². The van der Waals surface area contributed by atoms with Crippen LogP contribution in [-0.4, -0.2) is 61.3 Å². The van der Waals surface area contributed by atoms with E-state index in [4.69, 9.17) is 14.2 Å². The lowest BCUT2D eigenvalue weighted by molar-refractivity contribution is -0.129. The van der Waals surface area contributed by atoms with Gasteiger partial charge in [0.05, 0.1) is 33.0 Å². The van der Waals surface area contributed by atoms with Gasteiger partial charge in [-0.3, -0.25) is 4.79 Å². The molecule has 1 amide bonds. The maximum absolute atomic E-state index is 12.2. The van der Waals surface area contributed by atoms with Gasteiger partial charge < -0.3 is 24.4 Å². The van der Waals surface area contributed by atoms with Crippen molar-refractivity contribution in [2.45, 2.75) is 0 Å². The number of morpholine rings is 1. The highest BCUT2D eigenvalue weighted by Gasteiger charge is 2.14. The lowest BCUT2D eigenvalue weighted by Crippen LogP contribution is -2.39. The first-order valence-electron chi connectivity index (χ1n) is 9.96. The van der Waals surface area contributed by atoms with E-state index in [1.165, 1.54) is 6.33 Å². The molecule has 1 aromatic heterocycles. The molecular formula is C23H24N4O4. The van der Waals surface area contributed by atoms with Crippen LogP contribution in [0, 0.1) is 0 Å². The molecule has 1 saturated heterocycles. The minimum Gasteiger partial charge on any atom is -0.493 e. The van der Waals surface area contributed by atoms with Gasteiger partial charge in [-0.25, -0.2) is 9.97 Å². The normalized spacial score (nSPS) is 14.1. The zero-order valence-electron chi connectivity index (χ0n) is 17.5. The molecular weight excluding hydrogens is 396 g/mol. The molecule has 0 saturated carbocycles. The fourth-order valence-corrected chi connectivity index (χ4v) is 3.35. The maximum atomic E-state index is 12.2. The Labute approximate surface area is 180 Å². The number of hydrogen-bond donors (Lipinski definition) is 1. The van der Waals surface area contributed by atoms with E-state index < -0.39 is 0 Å². The van der Waals surface area contributed by atoms with Crippen molar-refractivity contribution in [1.29, 1.82) is 0 Å². The first-order chi connectivity index (χ1) is 15.2. The first-order valence-corrected chi connectivity index (χ1v) is 9.96. The molecule has 0 radical (unpaired) electrons. The number of anilines is 2. The molecule has 1 aliphatic heterocycles. The number of carbonyl (C=O) groups is 1. The Hall–Kier alpha value is -3.65. The molecule has 31 heavy (non-hydrogen) atoms. The highest BCUT2D eigenvalue weighted by molar-refractivity contribution is 5.93. The zero-order chi connectivity index (χ0) is 21.6. The molecule has 1 aliphatic rings. The van der Waals surface area contributed by atoms with Crippen molar-refractivity contribution in [2.75, 3.05) is 45.8 Å². The Morgan fingerprint density at radius 2 is 1.77 bits per heavy atom. The number of benzene rings is 2. The van der Waals surface area contributed by atoms with E-state index in [1.807, 2.05) is 42.5 Å². The van der Waals surface area contributed by atoms with E-state index in [0.29, 0.717) is 43.6 Å². The highest BCUT2D eigenvalue weighted by Crippen LogP contribution is 2.34. The summed E-state index contributed by atoms with van der Waals surface area (Å²) in [7, 11) is 3.19. The van der Waals surface area contributed by atoms with Crippen LogP contribution in [0.5, 0.6) is 11.5 Å². The van der Waals surface area contributed by atoms with Gasteiger partial charge in [-0.2, -0.15) is 0 Å². The summed E-state index contributed by atoms with van der Waals surface area (Å²) in [5.41, 5.74) is 2.55. The van der Waals surface area contributed by atoms with Gasteiger partial charge in [0, 0.05) is 36.3 Å². The van der Waals surface area contributed by atoms with E-state index in [1.54, 1.807) is 25.2 Å². The van der Waals surface area contributed by atoms with Crippen LogP contribution in [-0.2, 0) is 9.53 Å². The standard InChI is InChI=1S/C23H24N4O4/c1-29-20-13-18-19(14-21(20)30-2)24-15-25-23(18)26-17-6-3-16(4-7-17)5-8-22(28)27-9-11-31-12-10-27/h3-8,13-15H,9-12H2,1-2H3,(H,24,25,26). The summed E-state index contributed by atoms with van der Waals surface area (Å²) >= 11 is 0. The second-order valence-corrected chi connectivity index (χ2v) is 6.96. The zero-order valence-corrected chi connectivity index (χ0v) is 17.5. The number of nitrogens with one attached hydrogen (secondary N) is 1. The van der Waals surface area contributed by atoms with Gasteiger partial charge in [-0.15, -0.1) is 0 Å². The average molecular weight is 420 g/mol. The summed E-state index contributed by atoms with van der Waals surface area (Å²) in [5.74, 6) is 1.89. The number of fused-ring (bicyclic) bond motifs is 1. The van der Waals surface area contributed by atoms with Gasteiger partial charge in [0.1, 0.15) is 12.1 Å². The summed E-state index contributed by atoms with van der Waals surface area (Å²) in [6.45, 7) is 2.46. The first kappa shape index (κ1) is 20.6. The Kier molecular flexibility index (Phi) is 6.28. The van der Waals surface area contributed by atoms with Crippen LogP contribution in [0.25, 0.3) is 17.0 Å². The minimum atomic E-state index is 0.00216. The van der Waals surface area contributed by atoms with E-state index in [9.17, 15) is 4.79 Å². The van der Waals surface area contributed by atoms with E-state index >= 15 is 0 Å². The topological polar surface area (TPSA) is 85.8 Å². The van der Waals surface area contributed by atoms with Gasteiger partial charge in [-0.05, 0) is 29.8 Å². The van der Waals surface area contributed by atoms with Gasteiger partial charge in [0.2, 0.25) is 5.91 Å². The van der Waals surface area contributed by atoms with Gasteiger partial charge in [0.15, 0.2) is 11.5 Å². The number of ether oxygens (including phenoxy) is 3. The monoisotopic (exact) mass is 420 g/mol. The number of amides is 1. The second-order valence-electron chi connectivity index (χ2n) is 6.96. The number of hydrogen-bond acceptors (Lipinski definition) is 7. The molecule has 1 fully saturated rings. The SMILES string of the molecule is COc1cc2ncnc(Nc3ccc(C=CC(=O)N4CCOCC4)cc3)c2cc1OC. The fourth-order valence-electron chi connectivity index (χ4n) is 3.35. The number of nitrogens with zero attached hydrogens (tertiary/aromatic N) is 3. The largest absolute Gasteiger partial charge is 0.493 e. The Morgan fingerprint density at radius 3 is 2.48 bits per heavy atom. The number of aromatic nitrogens is 2. The third-order valence-corrected chi connectivity index (χ3v) is 5.06. The van der Waals surface area contributed by atoms with Crippen LogP contribution in [0.2, 0.25) is 0 Å². The van der Waals surface area contributed by atoms with E-state index in [0.717, 1.165) is 22.2 Å². The van der Waals surface area contributed by atoms with Crippen molar-refractivity contribution >= 4 is 34.4 Å². The van der Waals surface area contributed by atoms with Gasteiger partial charge in [0.25, 0.3) is 0 Å². The summed E-state index contributed by atoms with van der Waals surface area (Å²) in [4.78, 5) is 22.7. The molecule has 160 valence electrons. The van der Waals surface area contributed by atoms with Crippen molar-refractivity contribution in [3.8, 4) is 11.5 Å². The molecule has 2 heterocycles. The van der Waals surface area contributed by atoms with Crippen LogP contribution < -0.4 is 14.8 Å². The molecule has 8 nitrogen and oxygen atoms in total. The van der Waals surface area contributed by atoms with Crippen LogP contribution in [0.3, 0.4) is 0 Å². The molecule has 4 rings (SSSR count). The number of carbonyl (C=O) groups excluding carboxylic acids is 1. The summed E-state index contributed by atoms with van der Waals surface area (Å²) in [6.07, 6.45) is 4.93. The lowest BCUT2D eigenvalue weighted by atomic mass is 10.1. The third kappa shape index (κ3) is 4.75.